The van der Waals surface area contributed by atoms with Crippen molar-refractivity contribution in [3.8, 4) is 11.1 Å². The van der Waals surface area contributed by atoms with Crippen molar-refractivity contribution in [3.63, 3.8) is 0 Å². The second kappa shape index (κ2) is 6.37. The van der Waals surface area contributed by atoms with Crippen LogP contribution in [-0.2, 0) is 0 Å². The Morgan fingerprint density at radius 3 is 2.60 bits per heavy atom. The summed E-state index contributed by atoms with van der Waals surface area (Å²) < 4.78 is 0. The highest BCUT2D eigenvalue weighted by Gasteiger charge is 2.06. The predicted molar refractivity (Wildman–Crippen MR) is 100 cm³/mol. The third kappa shape index (κ3) is 3.22. The van der Waals surface area contributed by atoms with Crippen molar-refractivity contribution in [3.05, 3.63) is 82.4 Å². The molecule has 0 aliphatic heterocycles. The molecular weight excluding hydrogens is 336 g/mol. The number of benzene rings is 2. The van der Waals surface area contributed by atoms with Gasteiger partial charge in [-0.2, -0.15) is 4.98 Å². The van der Waals surface area contributed by atoms with Crippen molar-refractivity contribution in [1.29, 1.82) is 0 Å². The molecule has 0 unspecified atom stereocenters. The van der Waals surface area contributed by atoms with Gasteiger partial charge in [0.25, 0.3) is 0 Å². The highest BCUT2D eigenvalue weighted by atomic mass is 35.5. The Balaban J connectivity index is 1.75. The summed E-state index contributed by atoms with van der Waals surface area (Å²) >= 11 is 6.08. The van der Waals surface area contributed by atoms with Crippen LogP contribution in [-0.4, -0.2) is 15.0 Å². The van der Waals surface area contributed by atoms with Crippen LogP contribution in [0.15, 0.2) is 71.7 Å². The molecule has 122 valence electrons. The van der Waals surface area contributed by atoms with E-state index in [-0.39, 0.29) is 0 Å². The number of halogens is 1. The number of aromatic amines is 1. The lowest BCUT2D eigenvalue weighted by Crippen LogP contribution is -2.13. The van der Waals surface area contributed by atoms with E-state index in [0.29, 0.717) is 16.5 Å². The number of hydrogen-bond acceptors (Lipinski definition) is 4. The van der Waals surface area contributed by atoms with Gasteiger partial charge in [-0.25, -0.2) is 9.78 Å². The summed E-state index contributed by atoms with van der Waals surface area (Å²) in [6, 6.07) is 19.2. The minimum absolute atomic E-state index is 0.403. The molecule has 2 N–H and O–H groups in total. The molecule has 0 aliphatic carbocycles. The minimum Gasteiger partial charge on any atom is -0.341 e. The van der Waals surface area contributed by atoms with Crippen molar-refractivity contribution < 1.29 is 0 Å². The smallest absolute Gasteiger partial charge is 0.341 e. The van der Waals surface area contributed by atoms with Gasteiger partial charge in [-0.3, -0.25) is 4.98 Å². The summed E-state index contributed by atoms with van der Waals surface area (Å²) in [6.07, 6.45) is 1.61. The molecular formula is C19H13ClN4O. The zero-order valence-corrected chi connectivity index (χ0v) is 13.8. The summed E-state index contributed by atoms with van der Waals surface area (Å²) in [4.78, 5) is 22.5. The maximum absolute atomic E-state index is 11.8. The van der Waals surface area contributed by atoms with Gasteiger partial charge in [0.2, 0.25) is 0 Å². The average Bonchev–Trinajstić information content (AvgIpc) is 2.62. The summed E-state index contributed by atoms with van der Waals surface area (Å²) in [5.41, 5.74) is 2.83. The zero-order valence-electron chi connectivity index (χ0n) is 13.0. The van der Waals surface area contributed by atoms with Gasteiger partial charge >= 0.3 is 5.69 Å². The maximum atomic E-state index is 11.8. The van der Waals surface area contributed by atoms with Gasteiger partial charge in [0.15, 0.2) is 5.65 Å². The van der Waals surface area contributed by atoms with Crippen LogP contribution in [0.2, 0.25) is 5.02 Å². The van der Waals surface area contributed by atoms with Gasteiger partial charge in [-0.15, -0.1) is 0 Å². The number of fused-ring (bicyclic) bond motifs is 1. The van der Waals surface area contributed by atoms with Crippen LogP contribution in [0.4, 0.5) is 11.5 Å². The fourth-order valence-corrected chi connectivity index (χ4v) is 2.86. The molecule has 0 bridgehead atoms. The van der Waals surface area contributed by atoms with Crippen LogP contribution < -0.4 is 11.0 Å². The number of aromatic nitrogens is 3. The summed E-state index contributed by atoms with van der Waals surface area (Å²) in [7, 11) is 0. The fraction of sp³-hybridized carbons (Fsp3) is 0. The SMILES string of the molecule is O=c1nc2ncccc2c(Nc2cccc(-c3cccc(Cl)c3)c2)[nH]1. The Labute approximate surface area is 148 Å². The molecule has 0 radical (unpaired) electrons. The molecule has 6 heteroatoms. The van der Waals surface area contributed by atoms with Crippen molar-refractivity contribution in [2.24, 2.45) is 0 Å². The first-order chi connectivity index (χ1) is 12.2. The van der Waals surface area contributed by atoms with Gasteiger partial charge in [0.05, 0.1) is 5.39 Å². The first-order valence-corrected chi connectivity index (χ1v) is 8.05. The second-order valence-electron chi connectivity index (χ2n) is 5.51. The molecule has 25 heavy (non-hydrogen) atoms. The lowest BCUT2D eigenvalue weighted by molar-refractivity contribution is 1.10. The molecule has 4 rings (SSSR count). The van der Waals surface area contributed by atoms with E-state index in [0.717, 1.165) is 22.2 Å². The average molecular weight is 349 g/mol. The Morgan fingerprint density at radius 2 is 1.76 bits per heavy atom. The van der Waals surface area contributed by atoms with Crippen LogP contribution in [0, 0.1) is 0 Å². The van der Waals surface area contributed by atoms with Crippen LogP contribution in [0.3, 0.4) is 0 Å². The number of rotatable bonds is 3. The standard InChI is InChI=1S/C19H13ClN4O/c20-14-6-1-4-12(10-14)13-5-2-7-15(11-13)22-18-16-8-3-9-21-17(16)23-19(25)24-18/h1-11H,(H2,21,22,23,24,25). The highest BCUT2D eigenvalue weighted by Crippen LogP contribution is 2.27. The molecule has 0 fully saturated rings. The number of nitrogens with one attached hydrogen (secondary N) is 2. The minimum atomic E-state index is -0.445. The number of pyridine rings is 1. The van der Waals surface area contributed by atoms with Gasteiger partial charge in [0, 0.05) is 16.9 Å². The lowest BCUT2D eigenvalue weighted by Gasteiger charge is -2.10. The second-order valence-corrected chi connectivity index (χ2v) is 5.94. The predicted octanol–water partition coefficient (Wildman–Crippen LogP) is 4.38. The Bertz CT molecular complexity index is 1120. The monoisotopic (exact) mass is 348 g/mol. The van der Waals surface area contributed by atoms with Crippen molar-refractivity contribution in [1.82, 2.24) is 15.0 Å². The van der Waals surface area contributed by atoms with E-state index in [1.165, 1.54) is 0 Å². The van der Waals surface area contributed by atoms with E-state index in [9.17, 15) is 4.79 Å². The van der Waals surface area contributed by atoms with E-state index >= 15 is 0 Å². The van der Waals surface area contributed by atoms with Gasteiger partial charge < -0.3 is 5.32 Å². The molecule has 0 spiro atoms. The summed E-state index contributed by atoms with van der Waals surface area (Å²) in [6.45, 7) is 0. The zero-order chi connectivity index (χ0) is 17.2. The van der Waals surface area contributed by atoms with Crippen molar-refractivity contribution in [2.45, 2.75) is 0 Å². The van der Waals surface area contributed by atoms with Gasteiger partial charge in [-0.1, -0.05) is 35.9 Å². The van der Waals surface area contributed by atoms with Crippen molar-refractivity contribution >= 4 is 34.1 Å². The van der Waals surface area contributed by atoms with Gasteiger partial charge in [0.1, 0.15) is 5.82 Å². The number of anilines is 2. The van der Waals surface area contributed by atoms with Crippen LogP contribution in [0.1, 0.15) is 0 Å². The van der Waals surface area contributed by atoms with E-state index in [4.69, 9.17) is 11.6 Å². The first-order valence-electron chi connectivity index (χ1n) is 7.67. The van der Waals surface area contributed by atoms with Crippen LogP contribution in [0.5, 0.6) is 0 Å². The Kier molecular flexibility index (Phi) is 3.91. The quantitative estimate of drug-likeness (QED) is 0.576. The molecule has 0 amide bonds. The summed E-state index contributed by atoms with van der Waals surface area (Å²) in [5.74, 6) is 0.561. The van der Waals surface area contributed by atoms with E-state index < -0.39 is 5.69 Å². The highest BCUT2D eigenvalue weighted by molar-refractivity contribution is 6.30. The maximum Gasteiger partial charge on any atom is 0.348 e. The topological polar surface area (TPSA) is 70.7 Å². The molecule has 0 aliphatic rings. The third-order valence-corrected chi connectivity index (χ3v) is 4.02. The molecule has 4 aromatic rings. The molecule has 2 aromatic heterocycles. The van der Waals surface area contributed by atoms with E-state index in [1.54, 1.807) is 12.3 Å². The first kappa shape index (κ1) is 15.4. The van der Waals surface area contributed by atoms with Crippen LogP contribution >= 0.6 is 11.6 Å². The normalized spacial score (nSPS) is 10.8. The number of H-pyrrole nitrogens is 1. The number of nitrogens with zero attached hydrogens (tertiary/aromatic N) is 2. The molecule has 0 atom stereocenters. The van der Waals surface area contributed by atoms with E-state index in [2.05, 4.69) is 20.3 Å². The molecule has 2 aromatic carbocycles. The Morgan fingerprint density at radius 1 is 0.960 bits per heavy atom. The Hall–Kier alpha value is -3.18. The summed E-state index contributed by atoms with van der Waals surface area (Å²) in [5, 5.41) is 4.68. The third-order valence-electron chi connectivity index (χ3n) is 3.79. The van der Waals surface area contributed by atoms with Crippen molar-refractivity contribution in [2.75, 3.05) is 5.32 Å². The largest absolute Gasteiger partial charge is 0.348 e. The fourth-order valence-electron chi connectivity index (χ4n) is 2.67. The van der Waals surface area contributed by atoms with Gasteiger partial charge in [-0.05, 0) is 47.5 Å². The molecule has 0 saturated heterocycles. The molecule has 2 heterocycles. The van der Waals surface area contributed by atoms with E-state index in [1.807, 2.05) is 54.6 Å². The number of hydrogen-bond donors (Lipinski definition) is 2. The molecule has 5 nitrogen and oxygen atoms in total. The van der Waals surface area contributed by atoms with Crippen LogP contribution in [0.25, 0.3) is 22.2 Å². The lowest BCUT2D eigenvalue weighted by atomic mass is 10.1. The molecule has 0 saturated carbocycles.